The monoisotopic (exact) mass is 344 g/mol. The second-order valence-electron chi connectivity index (χ2n) is 5.92. The molecule has 0 saturated heterocycles. The van der Waals surface area contributed by atoms with E-state index in [1.807, 2.05) is 13.8 Å². The average molecular weight is 344 g/mol. The van der Waals surface area contributed by atoms with Crippen LogP contribution in [0.25, 0.3) is 11.6 Å². The summed E-state index contributed by atoms with van der Waals surface area (Å²) in [4.78, 5) is 20.8. The third kappa shape index (κ3) is 2.84. The molecule has 2 N–H and O–H groups in total. The van der Waals surface area contributed by atoms with Gasteiger partial charge in [0.25, 0.3) is 5.91 Å². The number of H-pyrrole nitrogens is 1. The lowest BCUT2D eigenvalue weighted by atomic mass is 10.0. The number of aromatic amines is 1. The Balaban J connectivity index is 1.54. The van der Waals surface area contributed by atoms with E-state index in [1.54, 1.807) is 10.7 Å². The highest BCUT2D eigenvalue weighted by atomic mass is 16.5. The van der Waals surface area contributed by atoms with Crippen LogP contribution in [0.4, 0.5) is 0 Å². The lowest BCUT2D eigenvalue weighted by Crippen LogP contribution is -2.32. The maximum absolute atomic E-state index is 12.5. The second-order valence-corrected chi connectivity index (χ2v) is 5.92. The fraction of sp³-hybridized carbons (Fsp3) is 0.429. The number of carbonyl (C=O) groups excluding carboxylic acids is 1. The maximum atomic E-state index is 12.5. The van der Waals surface area contributed by atoms with Crippen LogP contribution in [0.5, 0.6) is 5.88 Å². The minimum absolute atomic E-state index is 0.0256. The fourth-order valence-corrected chi connectivity index (χ4v) is 2.52. The summed E-state index contributed by atoms with van der Waals surface area (Å²) in [6.45, 7) is 5.10. The third-order valence-electron chi connectivity index (χ3n) is 3.82. The first-order valence-corrected chi connectivity index (χ1v) is 7.82. The molecule has 0 aliphatic carbocycles. The molecule has 4 rings (SSSR count). The number of hydrogen-bond donors (Lipinski definition) is 2. The first-order chi connectivity index (χ1) is 12.1. The van der Waals surface area contributed by atoms with Gasteiger partial charge in [-0.2, -0.15) is 15.2 Å². The summed E-state index contributed by atoms with van der Waals surface area (Å²) in [6.07, 6.45) is 1.35. The van der Waals surface area contributed by atoms with Crippen LogP contribution in [-0.2, 0) is 6.54 Å². The number of hydrogen-bond acceptors (Lipinski definition) is 8. The zero-order valence-electron chi connectivity index (χ0n) is 13.6. The lowest BCUT2D eigenvalue weighted by Gasteiger charge is -2.17. The number of nitrogens with one attached hydrogen (secondary N) is 2. The Morgan fingerprint density at radius 1 is 1.44 bits per heavy atom. The summed E-state index contributed by atoms with van der Waals surface area (Å²) in [5.74, 6) is 1.25. The molecule has 1 atom stereocenters. The van der Waals surface area contributed by atoms with Crippen molar-refractivity contribution in [3.8, 4) is 17.5 Å². The molecule has 1 aliphatic heterocycles. The van der Waals surface area contributed by atoms with Gasteiger partial charge in [0, 0.05) is 6.07 Å². The molecule has 0 fully saturated rings. The zero-order chi connectivity index (χ0) is 17.4. The van der Waals surface area contributed by atoms with Gasteiger partial charge in [-0.05, 0) is 5.92 Å². The van der Waals surface area contributed by atoms with Crippen LogP contribution in [0, 0.1) is 5.92 Å². The highest BCUT2D eigenvalue weighted by Crippen LogP contribution is 2.24. The van der Waals surface area contributed by atoms with E-state index in [1.165, 1.54) is 6.33 Å². The zero-order valence-corrected chi connectivity index (χ0v) is 13.6. The number of aromatic nitrogens is 7. The van der Waals surface area contributed by atoms with E-state index in [9.17, 15) is 4.79 Å². The molecule has 4 heterocycles. The summed E-state index contributed by atoms with van der Waals surface area (Å²) in [7, 11) is 0. The first kappa shape index (κ1) is 15.3. The topological polar surface area (TPSA) is 137 Å². The Morgan fingerprint density at radius 3 is 3.04 bits per heavy atom. The molecule has 1 unspecified atom stereocenters. The van der Waals surface area contributed by atoms with Crippen molar-refractivity contribution in [3.63, 3.8) is 0 Å². The molecule has 11 heteroatoms. The van der Waals surface area contributed by atoms with Crippen molar-refractivity contribution in [1.82, 2.24) is 40.4 Å². The number of rotatable bonds is 5. The van der Waals surface area contributed by atoms with Gasteiger partial charge >= 0.3 is 0 Å². The highest BCUT2D eigenvalue weighted by molar-refractivity contribution is 5.92. The SMILES string of the molecule is CC(C)C(NC(=O)c1cc2n(n1)CCO2)c1nc(-c2ncn[nH]2)no1. The van der Waals surface area contributed by atoms with Gasteiger partial charge in [0.05, 0.1) is 6.54 Å². The number of fused-ring (bicyclic) bond motifs is 1. The molecule has 25 heavy (non-hydrogen) atoms. The number of amides is 1. The van der Waals surface area contributed by atoms with Gasteiger partial charge in [0.2, 0.25) is 17.6 Å². The van der Waals surface area contributed by atoms with Crippen LogP contribution < -0.4 is 10.1 Å². The Labute approximate surface area is 141 Å². The van der Waals surface area contributed by atoms with Crippen molar-refractivity contribution in [2.75, 3.05) is 6.61 Å². The van der Waals surface area contributed by atoms with Gasteiger partial charge in [0.1, 0.15) is 19.0 Å². The summed E-state index contributed by atoms with van der Waals surface area (Å²) in [5.41, 5.74) is 0.287. The molecule has 0 aromatic carbocycles. The minimum atomic E-state index is -0.464. The smallest absolute Gasteiger partial charge is 0.272 e. The van der Waals surface area contributed by atoms with E-state index < -0.39 is 6.04 Å². The summed E-state index contributed by atoms with van der Waals surface area (Å²) in [6, 6.07) is 1.15. The predicted molar refractivity (Wildman–Crippen MR) is 82.4 cm³/mol. The average Bonchev–Trinajstić information content (AvgIpc) is 3.35. The van der Waals surface area contributed by atoms with E-state index in [0.717, 1.165) is 0 Å². The second kappa shape index (κ2) is 6.00. The van der Waals surface area contributed by atoms with E-state index in [0.29, 0.717) is 24.9 Å². The van der Waals surface area contributed by atoms with Crippen LogP contribution in [-0.4, -0.2) is 47.6 Å². The minimum Gasteiger partial charge on any atom is -0.476 e. The summed E-state index contributed by atoms with van der Waals surface area (Å²) >= 11 is 0. The van der Waals surface area contributed by atoms with Crippen LogP contribution in [0.15, 0.2) is 16.9 Å². The first-order valence-electron chi connectivity index (χ1n) is 7.82. The van der Waals surface area contributed by atoms with Crippen LogP contribution >= 0.6 is 0 Å². The van der Waals surface area contributed by atoms with Crippen LogP contribution in [0.1, 0.15) is 36.3 Å². The molecule has 0 radical (unpaired) electrons. The van der Waals surface area contributed by atoms with E-state index in [-0.39, 0.29) is 29.2 Å². The summed E-state index contributed by atoms with van der Waals surface area (Å²) in [5, 5.41) is 17.4. The van der Waals surface area contributed by atoms with Crippen LogP contribution in [0.3, 0.4) is 0 Å². The van der Waals surface area contributed by atoms with Crippen molar-refractivity contribution in [2.24, 2.45) is 5.92 Å². The van der Waals surface area contributed by atoms with Gasteiger partial charge in [-0.25, -0.2) is 9.67 Å². The highest BCUT2D eigenvalue weighted by Gasteiger charge is 2.28. The van der Waals surface area contributed by atoms with Gasteiger partial charge in [-0.15, -0.1) is 0 Å². The Hall–Kier alpha value is -3.24. The molecule has 0 bridgehead atoms. The van der Waals surface area contributed by atoms with E-state index in [2.05, 4.69) is 35.7 Å². The molecule has 0 saturated carbocycles. The number of ether oxygens (including phenoxy) is 1. The van der Waals surface area contributed by atoms with Crippen molar-refractivity contribution in [1.29, 1.82) is 0 Å². The van der Waals surface area contributed by atoms with Crippen molar-refractivity contribution in [2.45, 2.75) is 26.4 Å². The molecular weight excluding hydrogens is 328 g/mol. The molecule has 130 valence electrons. The van der Waals surface area contributed by atoms with Gasteiger partial charge in [-0.1, -0.05) is 19.0 Å². The van der Waals surface area contributed by atoms with Crippen LogP contribution in [0.2, 0.25) is 0 Å². The molecule has 1 amide bonds. The fourth-order valence-electron chi connectivity index (χ4n) is 2.52. The number of nitrogens with zero attached hydrogens (tertiary/aromatic N) is 6. The van der Waals surface area contributed by atoms with Gasteiger partial charge in [0.15, 0.2) is 11.5 Å². The van der Waals surface area contributed by atoms with Crippen molar-refractivity contribution < 1.29 is 14.1 Å². The Morgan fingerprint density at radius 2 is 2.32 bits per heavy atom. The van der Waals surface area contributed by atoms with Gasteiger partial charge < -0.3 is 14.6 Å². The summed E-state index contributed by atoms with van der Waals surface area (Å²) < 4.78 is 12.3. The normalized spacial score (nSPS) is 14.4. The third-order valence-corrected chi connectivity index (χ3v) is 3.82. The maximum Gasteiger partial charge on any atom is 0.272 e. The quantitative estimate of drug-likeness (QED) is 0.685. The molecule has 11 nitrogen and oxygen atoms in total. The molecule has 1 aliphatic rings. The number of carbonyl (C=O) groups is 1. The van der Waals surface area contributed by atoms with Gasteiger partial charge in [-0.3, -0.25) is 9.89 Å². The molecular formula is C14H16N8O3. The largest absolute Gasteiger partial charge is 0.476 e. The van der Waals surface area contributed by atoms with E-state index in [4.69, 9.17) is 9.26 Å². The molecule has 3 aromatic heterocycles. The standard InChI is InChI=1S/C14H16N8O3/c1-7(2)10(14-18-12(21-25-14)11-15-6-16-19-11)17-13(23)8-5-9-22(20-8)3-4-24-9/h5-7,10H,3-4H2,1-2H3,(H,17,23)(H,15,16,19). The van der Waals surface area contributed by atoms with E-state index >= 15 is 0 Å². The predicted octanol–water partition coefficient (Wildman–Crippen LogP) is 0.571. The molecule has 0 spiro atoms. The van der Waals surface area contributed by atoms with Crippen molar-refractivity contribution >= 4 is 5.91 Å². The molecule has 3 aromatic rings. The lowest BCUT2D eigenvalue weighted by molar-refractivity contribution is 0.0907. The van der Waals surface area contributed by atoms with Crippen molar-refractivity contribution in [3.05, 3.63) is 24.0 Å². The Kier molecular flexibility index (Phi) is 3.67. The Bertz CT molecular complexity index is 860.